The quantitative estimate of drug-likeness (QED) is 0.815. The van der Waals surface area contributed by atoms with E-state index in [0.29, 0.717) is 19.6 Å². The van der Waals surface area contributed by atoms with Crippen LogP contribution in [0.5, 0.6) is 0 Å². The van der Waals surface area contributed by atoms with E-state index >= 15 is 0 Å². The van der Waals surface area contributed by atoms with Gasteiger partial charge in [-0.05, 0) is 24.6 Å². The number of aryl methyl sites for hydroxylation is 1. The Morgan fingerprint density at radius 3 is 2.23 bits per heavy atom. The first-order chi connectivity index (χ1) is 10.6. The molecule has 112 valence electrons. The molecular formula is C18H18N2O2. The number of carbonyl (C=O) groups is 2. The van der Waals surface area contributed by atoms with Gasteiger partial charge >= 0.3 is 11.8 Å². The SMILES string of the molecule is Cc1ccc(CN2CCN(c3ccccc3)C(=O)C2=O)cc1. The van der Waals surface area contributed by atoms with Crippen molar-refractivity contribution in [3.63, 3.8) is 0 Å². The monoisotopic (exact) mass is 294 g/mol. The highest BCUT2D eigenvalue weighted by molar-refractivity contribution is 6.40. The van der Waals surface area contributed by atoms with Gasteiger partial charge in [-0.15, -0.1) is 0 Å². The molecule has 0 spiro atoms. The molecule has 0 unspecified atom stereocenters. The molecule has 0 atom stereocenters. The second-order valence-corrected chi connectivity index (χ2v) is 5.50. The molecule has 0 bridgehead atoms. The summed E-state index contributed by atoms with van der Waals surface area (Å²) in [5.74, 6) is -0.889. The highest BCUT2D eigenvalue weighted by Gasteiger charge is 2.33. The largest absolute Gasteiger partial charge is 0.328 e. The fraction of sp³-hybridized carbons (Fsp3) is 0.222. The molecule has 1 saturated heterocycles. The minimum Gasteiger partial charge on any atom is -0.328 e. The Morgan fingerprint density at radius 1 is 0.864 bits per heavy atom. The number of benzene rings is 2. The lowest BCUT2D eigenvalue weighted by Gasteiger charge is -2.33. The van der Waals surface area contributed by atoms with E-state index in [1.54, 1.807) is 9.80 Å². The average molecular weight is 294 g/mol. The summed E-state index contributed by atoms with van der Waals surface area (Å²) in [6, 6.07) is 17.3. The topological polar surface area (TPSA) is 40.6 Å². The Morgan fingerprint density at radius 2 is 1.55 bits per heavy atom. The molecule has 1 fully saturated rings. The van der Waals surface area contributed by atoms with Gasteiger partial charge in [-0.2, -0.15) is 0 Å². The summed E-state index contributed by atoms with van der Waals surface area (Å²) in [7, 11) is 0. The number of carbonyl (C=O) groups excluding carboxylic acids is 2. The maximum absolute atomic E-state index is 12.3. The first-order valence-corrected chi connectivity index (χ1v) is 7.36. The van der Waals surface area contributed by atoms with Crippen LogP contribution in [0.25, 0.3) is 0 Å². The predicted molar refractivity (Wildman–Crippen MR) is 85.4 cm³/mol. The van der Waals surface area contributed by atoms with Crippen LogP contribution in [0, 0.1) is 6.92 Å². The normalized spacial score (nSPS) is 15.3. The number of amides is 2. The zero-order valence-corrected chi connectivity index (χ0v) is 12.5. The molecule has 0 N–H and O–H groups in total. The van der Waals surface area contributed by atoms with E-state index in [0.717, 1.165) is 11.3 Å². The smallest absolute Gasteiger partial charge is 0.316 e. The minimum absolute atomic E-state index is 0.435. The van der Waals surface area contributed by atoms with Crippen molar-refractivity contribution in [2.24, 2.45) is 0 Å². The van der Waals surface area contributed by atoms with Crippen LogP contribution in [0.1, 0.15) is 11.1 Å². The van der Waals surface area contributed by atoms with E-state index in [9.17, 15) is 9.59 Å². The second kappa shape index (κ2) is 6.02. The fourth-order valence-corrected chi connectivity index (χ4v) is 2.59. The van der Waals surface area contributed by atoms with Crippen molar-refractivity contribution in [3.8, 4) is 0 Å². The van der Waals surface area contributed by atoms with Gasteiger partial charge in [0, 0.05) is 25.3 Å². The predicted octanol–water partition coefficient (Wildman–Crippen LogP) is 2.37. The van der Waals surface area contributed by atoms with Crippen LogP contribution in [0.4, 0.5) is 5.69 Å². The van der Waals surface area contributed by atoms with E-state index in [1.807, 2.05) is 61.5 Å². The summed E-state index contributed by atoms with van der Waals surface area (Å²) in [5.41, 5.74) is 3.00. The lowest BCUT2D eigenvalue weighted by atomic mass is 10.1. The Hall–Kier alpha value is -2.62. The van der Waals surface area contributed by atoms with Crippen molar-refractivity contribution >= 4 is 17.5 Å². The van der Waals surface area contributed by atoms with Crippen molar-refractivity contribution in [1.29, 1.82) is 0 Å². The summed E-state index contributed by atoms with van der Waals surface area (Å²) in [5, 5.41) is 0. The van der Waals surface area contributed by atoms with Crippen LogP contribution >= 0.6 is 0 Å². The summed E-state index contributed by atoms with van der Waals surface area (Å²) in [6.45, 7) is 3.58. The number of hydrogen-bond donors (Lipinski definition) is 0. The Labute approximate surface area is 130 Å². The van der Waals surface area contributed by atoms with Gasteiger partial charge in [-0.3, -0.25) is 9.59 Å². The molecule has 22 heavy (non-hydrogen) atoms. The molecule has 0 aliphatic carbocycles. The van der Waals surface area contributed by atoms with Gasteiger partial charge in [0.05, 0.1) is 0 Å². The van der Waals surface area contributed by atoms with Crippen molar-refractivity contribution < 1.29 is 9.59 Å². The molecule has 0 radical (unpaired) electrons. The molecule has 4 nitrogen and oxygen atoms in total. The summed E-state index contributed by atoms with van der Waals surface area (Å²) in [4.78, 5) is 27.8. The van der Waals surface area contributed by atoms with Gasteiger partial charge in [-0.25, -0.2) is 0 Å². The molecule has 1 aliphatic rings. The summed E-state index contributed by atoms with van der Waals surface area (Å²) >= 11 is 0. The van der Waals surface area contributed by atoms with E-state index in [4.69, 9.17) is 0 Å². The van der Waals surface area contributed by atoms with Gasteiger partial charge in [-0.1, -0.05) is 48.0 Å². The Balaban J connectivity index is 1.72. The molecule has 1 heterocycles. The van der Waals surface area contributed by atoms with Crippen LogP contribution < -0.4 is 4.90 Å². The van der Waals surface area contributed by atoms with E-state index in [-0.39, 0.29) is 0 Å². The Kier molecular flexibility index (Phi) is 3.92. The number of piperazine rings is 1. The molecule has 3 rings (SSSR count). The second-order valence-electron chi connectivity index (χ2n) is 5.50. The first-order valence-electron chi connectivity index (χ1n) is 7.36. The van der Waals surface area contributed by atoms with Crippen LogP contribution in [-0.4, -0.2) is 29.8 Å². The molecule has 4 heteroatoms. The maximum Gasteiger partial charge on any atom is 0.316 e. The summed E-state index contributed by atoms with van der Waals surface area (Å²) in [6.07, 6.45) is 0. The lowest BCUT2D eigenvalue weighted by Crippen LogP contribution is -2.54. The van der Waals surface area contributed by atoms with Crippen molar-refractivity contribution in [3.05, 3.63) is 65.7 Å². The van der Waals surface area contributed by atoms with Crippen LogP contribution in [0.3, 0.4) is 0 Å². The van der Waals surface area contributed by atoms with Crippen LogP contribution in [0.2, 0.25) is 0 Å². The molecule has 2 amide bonds. The molecule has 2 aromatic rings. The van der Waals surface area contributed by atoms with E-state index in [2.05, 4.69) is 0 Å². The molecule has 2 aromatic carbocycles. The average Bonchev–Trinajstić information content (AvgIpc) is 2.55. The zero-order chi connectivity index (χ0) is 15.5. The fourth-order valence-electron chi connectivity index (χ4n) is 2.59. The van der Waals surface area contributed by atoms with E-state index < -0.39 is 11.8 Å². The third kappa shape index (κ3) is 2.86. The van der Waals surface area contributed by atoms with Gasteiger partial charge in [0.25, 0.3) is 0 Å². The van der Waals surface area contributed by atoms with E-state index in [1.165, 1.54) is 5.56 Å². The standard InChI is InChI=1S/C18H18N2O2/c1-14-7-9-15(10-8-14)13-19-11-12-20(18(22)17(19)21)16-5-3-2-4-6-16/h2-10H,11-13H2,1H3. The maximum atomic E-state index is 12.3. The van der Waals surface area contributed by atoms with Crippen LogP contribution in [0.15, 0.2) is 54.6 Å². The van der Waals surface area contributed by atoms with Crippen molar-refractivity contribution in [2.45, 2.75) is 13.5 Å². The minimum atomic E-state index is -0.454. The number of hydrogen-bond acceptors (Lipinski definition) is 2. The third-order valence-corrected chi connectivity index (χ3v) is 3.87. The van der Waals surface area contributed by atoms with Gasteiger partial charge < -0.3 is 9.80 Å². The highest BCUT2D eigenvalue weighted by atomic mass is 16.2. The molecular weight excluding hydrogens is 276 g/mol. The Bertz CT molecular complexity index is 680. The van der Waals surface area contributed by atoms with Gasteiger partial charge in [0.1, 0.15) is 0 Å². The zero-order valence-electron chi connectivity index (χ0n) is 12.5. The highest BCUT2D eigenvalue weighted by Crippen LogP contribution is 2.18. The molecule has 1 aliphatic heterocycles. The van der Waals surface area contributed by atoms with Gasteiger partial charge in [0.15, 0.2) is 0 Å². The summed E-state index contributed by atoms with van der Waals surface area (Å²) < 4.78 is 0. The van der Waals surface area contributed by atoms with Gasteiger partial charge in [0.2, 0.25) is 0 Å². The first kappa shape index (κ1) is 14.3. The number of para-hydroxylation sites is 1. The molecule has 0 aromatic heterocycles. The molecule has 0 saturated carbocycles. The number of anilines is 1. The number of rotatable bonds is 3. The number of nitrogens with zero attached hydrogens (tertiary/aromatic N) is 2. The van der Waals surface area contributed by atoms with Crippen molar-refractivity contribution in [1.82, 2.24) is 4.90 Å². The third-order valence-electron chi connectivity index (χ3n) is 3.87. The van der Waals surface area contributed by atoms with Crippen LogP contribution in [-0.2, 0) is 16.1 Å². The lowest BCUT2D eigenvalue weighted by molar-refractivity contribution is -0.146. The van der Waals surface area contributed by atoms with Crippen molar-refractivity contribution in [2.75, 3.05) is 18.0 Å².